The van der Waals surface area contributed by atoms with Gasteiger partial charge in [-0.2, -0.15) is 0 Å². The topological polar surface area (TPSA) is 46.9 Å². The second-order valence-electron chi connectivity index (χ2n) is 5.00. The van der Waals surface area contributed by atoms with Crippen LogP contribution in [0.25, 0.3) is 5.13 Å². The van der Waals surface area contributed by atoms with Gasteiger partial charge in [0, 0.05) is 23.8 Å². The molecule has 0 unspecified atom stereocenters. The van der Waals surface area contributed by atoms with Gasteiger partial charge in [0.2, 0.25) is 5.91 Å². The Bertz CT molecular complexity index is 533. The molecular weight excluding hydrogens is 270 g/mol. The highest BCUT2D eigenvalue weighted by atomic mass is 32.1. The maximum absolute atomic E-state index is 11.9. The zero-order chi connectivity index (χ0) is 14.4. The molecule has 0 saturated heterocycles. The zero-order valence-corrected chi connectivity index (χ0v) is 12.8. The molecule has 0 saturated carbocycles. The van der Waals surface area contributed by atoms with Gasteiger partial charge in [0.25, 0.3) is 0 Å². The van der Waals surface area contributed by atoms with Crippen LogP contribution in [0.3, 0.4) is 0 Å². The quantitative estimate of drug-likeness (QED) is 0.851. The molecule has 0 aliphatic rings. The molecule has 0 fully saturated rings. The molecule has 2 rings (SSSR count). The van der Waals surface area contributed by atoms with E-state index in [-0.39, 0.29) is 11.9 Å². The fraction of sp³-hybridized carbons (Fsp3) is 0.467. The Hall–Kier alpha value is -1.62. The number of aromatic nitrogens is 2. The minimum Gasteiger partial charge on any atom is -0.353 e. The molecule has 0 radical (unpaired) electrons. The van der Waals surface area contributed by atoms with E-state index in [2.05, 4.69) is 24.1 Å². The highest BCUT2D eigenvalue weighted by molar-refractivity contribution is 7.12. The smallest absolute Gasteiger partial charge is 0.226 e. The van der Waals surface area contributed by atoms with Crippen LogP contribution in [-0.4, -0.2) is 21.5 Å². The molecule has 0 aliphatic carbocycles. The zero-order valence-electron chi connectivity index (χ0n) is 12.0. The molecular formula is C15H21N3OS. The van der Waals surface area contributed by atoms with Crippen molar-refractivity contribution in [1.29, 1.82) is 0 Å². The molecule has 4 nitrogen and oxygen atoms in total. The second-order valence-corrected chi connectivity index (χ2v) is 5.84. The lowest BCUT2D eigenvalue weighted by molar-refractivity contribution is -0.121. The van der Waals surface area contributed by atoms with Crippen LogP contribution >= 0.6 is 11.3 Å². The summed E-state index contributed by atoms with van der Waals surface area (Å²) in [5.41, 5.74) is 0.832. The molecule has 0 aromatic carbocycles. The average molecular weight is 291 g/mol. The SMILES string of the molecule is CCCC[C@@H](C)NC(=O)Cc1csc(-n2cccc2)n1. The van der Waals surface area contributed by atoms with E-state index in [9.17, 15) is 4.79 Å². The number of carbonyl (C=O) groups is 1. The van der Waals surface area contributed by atoms with Crippen molar-refractivity contribution in [3.63, 3.8) is 0 Å². The first-order chi connectivity index (χ1) is 9.69. The van der Waals surface area contributed by atoms with Crippen LogP contribution in [0.4, 0.5) is 0 Å². The summed E-state index contributed by atoms with van der Waals surface area (Å²) in [6.07, 6.45) is 7.61. The standard InChI is InChI=1S/C15H21N3OS/c1-3-4-7-12(2)16-14(19)10-13-11-20-15(17-13)18-8-5-6-9-18/h5-6,8-9,11-12H,3-4,7,10H2,1-2H3,(H,16,19)/t12-/m1/s1. The number of carbonyl (C=O) groups excluding carboxylic acids is 1. The van der Waals surface area contributed by atoms with Crippen molar-refractivity contribution < 1.29 is 4.79 Å². The molecule has 2 aromatic rings. The second kappa shape index (κ2) is 7.24. The van der Waals surface area contributed by atoms with Crippen molar-refractivity contribution in [2.24, 2.45) is 0 Å². The summed E-state index contributed by atoms with van der Waals surface area (Å²) < 4.78 is 1.95. The summed E-state index contributed by atoms with van der Waals surface area (Å²) in [5.74, 6) is 0.0537. The van der Waals surface area contributed by atoms with Gasteiger partial charge in [0.1, 0.15) is 0 Å². The Labute approximate surface area is 123 Å². The number of amides is 1. The van der Waals surface area contributed by atoms with Gasteiger partial charge in [0.05, 0.1) is 12.1 Å². The largest absolute Gasteiger partial charge is 0.353 e. The maximum atomic E-state index is 11.9. The van der Waals surface area contributed by atoms with Crippen molar-refractivity contribution in [2.45, 2.75) is 45.6 Å². The number of nitrogens with one attached hydrogen (secondary N) is 1. The van der Waals surface area contributed by atoms with Gasteiger partial charge < -0.3 is 9.88 Å². The van der Waals surface area contributed by atoms with E-state index >= 15 is 0 Å². The van der Waals surface area contributed by atoms with Crippen LogP contribution in [0.15, 0.2) is 29.9 Å². The van der Waals surface area contributed by atoms with Gasteiger partial charge in [-0.25, -0.2) is 4.98 Å². The summed E-state index contributed by atoms with van der Waals surface area (Å²) in [6, 6.07) is 4.16. The van der Waals surface area contributed by atoms with Gasteiger partial charge in [0.15, 0.2) is 5.13 Å². The average Bonchev–Trinajstić information content (AvgIpc) is 3.06. The highest BCUT2D eigenvalue weighted by Crippen LogP contribution is 2.15. The summed E-state index contributed by atoms with van der Waals surface area (Å²) >= 11 is 1.55. The molecule has 20 heavy (non-hydrogen) atoms. The minimum atomic E-state index is 0.0537. The van der Waals surface area contributed by atoms with E-state index in [0.717, 1.165) is 30.1 Å². The lowest BCUT2D eigenvalue weighted by Gasteiger charge is -2.12. The number of thiazole rings is 1. The van der Waals surface area contributed by atoms with Crippen molar-refractivity contribution in [3.05, 3.63) is 35.6 Å². The summed E-state index contributed by atoms with van der Waals surface area (Å²) in [4.78, 5) is 16.4. The number of hydrogen-bond acceptors (Lipinski definition) is 3. The van der Waals surface area contributed by atoms with Crippen LogP contribution in [0.5, 0.6) is 0 Å². The van der Waals surface area contributed by atoms with Crippen LogP contribution in [0, 0.1) is 0 Å². The number of rotatable bonds is 7. The molecule has 2 aromatic heterocycles. The summed E-state index contributed by atoms with van der Waals surface area (Å²) in [5, 5.41) is 5.88. The van der Waals surface area contributed by atoms with Crippen molar-refractivity contribution >= 4 is 17.2 Å². The maximum Gasteiger partial charge on any atom is 0.226 e. The molecule has 2 heterocycles. The van der Waals surface area contributed by atoms with Crippen LogP contribution in [0.1, 0.15) is 38.8 Å². The third-order valence-corrected chi connectivity index (χ3v) is 4.01. The Morgan fingerprint density at radius 1 is 1.45 bits per heavy atom. The van der Waals surface area contributed by atoms with E-state index in [0.29, 0.717) is 6.42 Å². The molecule has 0 bridgehead atoms. The molecule has 108 valence electrons. The number of hydrogen-bond donors (Lipinski definition) is 1. The monoisotopic (exact) mass is 291 g/mol. The summed E-state index contributed by atoms with van der Waals surface area (Å²) in [7, 11) is 0. The van der Waals surface area contributed by atoms with Crippen molar-refractivity contribution in [3.8, 4) is 5.13 Å². The fourth-order valence-electron chi connectivity index (χ4n) is 2.03. The first-order valence-electron chi connectivity index (χ1n) is 7.06. The van der Waals surface area contributed by atoms with Crippen LogP contribution in [-0.2, 0) is 11.2 Å². The predicted molar refractivity (Wildman–Crippen MR) is 82.3 cm³/mol. The fourth-order valence-corrected chi connectivity index (χ4v) is 2.82. The Morgan fingerprint density at radius 3 is 2.90 bits per heavy atom. The minimum absolute atomic E-state index is 0.0537. The number of unbranched alkanes of at least 4 members (excludes halogenated alkanes) is 1. The van der Waals surface area contributed by atoms with Crippen molar-refractivity contribution in [2.75, 3.05) is 0 Å². The molecule has 1 atom stereocenters. The van der Waals surface area contributed by atoms with E-state index < -0.39 is 0 Å². The van der Waals surface area contributed by atoms with Crippen LogP contribution in [0.2, 0.25) is 0 Å². The van der Waals surface area contributed by atoms with E-state index in [1.807, 2.05) is 34.5 Å². The lowest BCUT2D eigenvalue weighted by Crippen LogP contribution is -2.33. The van der Waals surface area contributed by atoms with Gasteiger partial charge in [-0.1, -0.05) is 19.8 Å². The molecule has 1 amide bonds. The van der Waals surface area contributed by atoms with Gasteiger partial charge in [-0.05, 0) is 25.5 Å². The Kier molecular flexibility index (Phi) is 5.35. The third kappa shape index (κ3) is 4.20. The molecule has 1 N–H and O–H groups in total. The predicted octanol–water partition coefficient (Wildman–Crippen LogP) is 3.17. The van der Waals surface area contributed by atoms with Gasteiger partial charge >= 0.3 is 0 Å². The first kappa shape index (κ1) is 14.8. The molecule has 5 heteroatoms. The molecule has 0 spiro atoms. The van der Waals surface area contributed by atoms with Crippen LogP contribution < -0.4 is 5.32 Å². The van der Waals surface area contributed by atoms with E-state index in [1.165, 1.54) is 0 Å². The van der Waals surface area contributed by atoms with E-state index in [1.54, 1.807) is 11.3 Å². The Balaban J connectivity index is 1.86. The normalized spacial score (nSPS) is 12.3. The highest BCUT2D eigenvalue weighted by Gasteiger charge is 2.10. The van der Waals surface area contributed by atoms with Gasteiger partial charge in [-0.15, -0.1) is 11.3 Å². The number of nitrogens with zero attached hydrogens (tertiary/aromatic N) is 2. The molecule has 0 aliphatic heterocycles. The van der Waals surface area contributed by atoms with Crippen molar-refractivity contribution in [1.82, 2.24) is 14.9 Å². The third-order valence-electron chi connectivity index (χ3n) is 3.10. The Morgan fingerprint density at radius 2 is 2.20 bits per heavy atom. The summed E-state index contributed by atoms with van der Waals surface area (Å²) in [6.45, 7) is 4.21. The first-order valence-corrected chi connectivity index (χ1v) is 7.94. The van der Waals surface area contributed by atoms with Gasteiger partial charge in [-0.3, -0.25) is 4.79 Å². The van der Waals surface area contributed by atoms with E-state index in [4.69, 9.17) is 0 Å². The lowest BCUT2D eigenvalue weighted by atomic mass is 10.1.